The van der Waals surface area contributed by atoms with Crippen LogP contribution in [0.2, 0.25) is 0 Å². The van der Waals surface area contributed by atoms with Crippen LogP contribution in [0.25, 0.3) is 22.5 Å². The molecule has 1 unspecified atom stereocenters. The SMILES string of the molecule is COc1ccc(Cn2c(SCC(O)COc3ccc(I)cc3-c3ccc(O)cc3)nnc2-c2cc(OC)cc(OC)c2)cc1. The number of hydrogen-bond donors (Lipinski definition) is 2. The van der Waals surface area contributed by atoms with E-state index in [1.807, 2.05) is 71.3 Å². The zero-order chi connectivity index (χ0) is 31.1. The first-order chi connectivity index (χ1) is 21.4. The lowest BCUT2D eigenvalue weighted by molar-refractivity contribution is 0.126. The number of phenols is 1. The lowest BCUT2D eigenvalue weighted by Gasteiger charge is -2.16. The smallest absolute Gasteiger partial charge is 0.191 e. The van der Waals surface area contributed by atoms with Crippen LogP contribution in [0, 0.1) is 3.57 Å². The summed E-state index contributed by atoms with van der Waals surface area (Å²) in [7, 11) is 4.85. The van der Waals surface area contributed by atoms with Crippen LogP contribution in [0.4, 0.5) is 0 Å². The summed E-state index contributed by atoms with van der Waals surface area (Å²) in [5, 5.41) is 30.3. The third-order valence-electron chi connectivity index (χ3n) is 6.78. The average Bonchev–Trinajstić information content (AvgIpc) is 3.45. The Labute approximate surface area is 273 Å². The van der Waals surface area contributed by atoms with Crippen LogP contribution in [-0.4, -0.2) is 64.8 Å². The van der Waals surface area contributed by atoms with Crippen molar-refractivity contribution in [2.45, 2.75) is 17.8 Å². The second-order valence-electron chi connectivity index (χ2n) is 9.80. The van der Waals surface area contributed by atoms with Crippen molar-refractivity contribution in [1.82, 2.24) is 14.8 Å². The largest absolute Gasteiger partial charge is 0.508 e. The molecule has 4 aromatic carbocycles. The third kappa shape index (κ3) is 7.76. The van der Waals surface area contributed by atoms with Gasteiger partial charge >= 0.3 is 0 Å². The van der Waals surface area contributed by atoms with Crippen molar-refractivity contribution in [3.05, 3.63) is 94.1 Å². The van der Waals surface area contributed by atoms with Crippen molar-refractivity contribution in [3.8, 4) is 51.3 Å². The standard InChI is InChI=1S/C33H32IN3O6S/c1-40-27-11-4-21(5-12-27)18-37-32(23-14-28(41-2)17-29(15-23)42-3)35-36-33(37)44-20-26(39)19-43-31-13-8-24(34)16-30(31)22-6-9-25(38)10-7-22/h4-17,26,38-39H,18-20H2,1-3H3. The molecule has 0 aliphatic rings. The Morgan fingerprint density at radius 2 is 1.48 bits per heavy atom. The summed E-state index contributed by atoms with van der Waals surface area (Å²) in [5.74, 6) is 3.88. The monoisotopic (exact) mass is 725 g/mol. The molecular weight excluding hydrogens is 693 g/mol. The topological polar surface area (TPSA) is 108 Å². The highest BCUT2D eigenvalue weighted by Crippen LogP contribution is 2.34. The van der Waals surface area contributed by atoms with E-state index in [0.29, 0.717) is 40.5 Å². The molecule has 44 heavy (non-hydrogen) atoms. The van der Waals surface area contributed by atoms with Gasteiger partial charge in [-0.05, 0) is 88.3 Å². The van der Waals surface area contributed by atoms with Crippen molar-refractivity contribution in [2.24, 2.45) is 0 Å². The van der Waals surface area contributed by atoms with E-state index >= 15 is 0 Å². The maximum atomic E-state index is 10.9. The van der Waals surface area contributed by atoms with Crippen molar-refractivity contribution in [3.63, 3.8) is 0 Å². The van der Waals surface area contributed by atoms with Gasteiger partial charge in [0.25, 0.3) is 0 Å². The molecular formula is C33H32IN3O6S. The number of nitrogens with zero attached hydrogens (tertiary/aromatic N) is 3. The van der Waals surface area contributed by atoms with Crippen LogP contribution >= 0.6 is 34.4 Å². The molecule has 5 aromatic rings. The van der Waals surface area contributed by atoms with Gasteiger partial charge in [0.05, 0.1) is 34.0 Å². The number of aliphatic hydroxyl groups excluding tert-OH is 1. The molecule has 1 aromatic heterocycles. The van der Waals surface area contributed by atoms with Gasteiger partial charge in [0.15, 0.2) is 11.0 Å². The minimum absolute atomic E-state index is 0.0885. The van der Waals surface area contributed by atoms with Crippen molar-refractivity contribution in [1.29, 1.82) is 0 Å². The van der Waals surface area contributed by atoms with E-state index in [1.165, 1.54) is 11.8 Å². The molecule has 0 saturated carbocycles. The van der Waals surface area contributed by atoms with Crippen LogP contribution in [0.15, 0.2) is 90.1 Å². The highest BCUT2D eigenvalue weighted by molar-refractivity contribution is 14.1. The summed E-state index contributed by atoms with van der Waals surface area (Å²) in [6, 6.07) is 26.2. The minimum Gasteiger partial charge on any atom is -0.508 e. The Kier molecular flexibility index (Phi) is 10.5. The highest BCUT2D eigenvalue weighted by Gasteiger charge is 2.19. The van der Waals surface area contributed by atoms with Crippen LogP contribution in [0.5, 0.6) is 28.7 Å². The number of halogens is 1. The number of aliphatic hydroxyl groups is 1. The van der Waals surface area contributed by atoms with Gasteiger partial charge in [0.1, 0.15) is 35.4 Å². The van der Waals surface area contributed by atoms with Gasteiger partial charge in [0.2, 0.25) is 0 Å². The average molecular weight is 726 g/mol. The lowest BCUT2D eigenvalue weighted by atomic mass is 10.0. The zero-order valence-electron chi connectivity index (χ0n) is 24.4. The summed E-state index contributed by atoms with van der Waals surface area (Å²) >= 11 is 3.65. The molecule has 9 nitrogen and oxygen atoms in total. The molecule has 0 aliphatic carbocycles. The van der Waals surface area contributed by atoms with Gasteiger partial charge in [-0.3, -0.25) is 4.57 Å². The summed E-state index contributed by atoms with van der Waals surface area (Å²) < 4.78 is 25.4. The van der Waals surface area contributed by atoms with E-state index in [0.717, 1.165) is 31.6 Å². The number of benzene rings is 4. The molecule has 1 heterocycles. The maximum Gasteiger partial charge on any atom is 0.191 e. The number of phenolic OH excluding ortho intramolecular Hbond substituents is 1. The number of ether oxygens (including phenoxy) is 4. The quantitative estimate of drug-likeness (QED) is 0.104. The molecule has 0 bridgehead atoms. The van der Waals surface area contributed by atoms with Crippen molar-refractivity contribution in [2.75, 3.05) is 33.7 Å². The summed E-state index contributed by atoms with van der Waals surface area (Å²) in [4.78, 5) is 0. The van der Waals surface area contributed by atoms with Crippen molar-refractivity contribution < 1.29 is 29.2 Å². The molecule has 5 rings (SSSR count). The first-order valence-corrected chi connectivity index (χ1v) is 15.8. The fraction of sp³-hybridized carbons (Fsp3) is 0.212. The van der Waals surface area contributed by atoms with Crippen molar-refractivity contribution >= 4 is 34.4 Å². The van der Waals surface area contributed by atoms with E-state index in [1.54, 1.807) is 39.5 Å². The van der Waals surface area contributed by atoms with E-state index in [2.05, 4.69) is 32.8 Å². The predicted octanol–water partition coefficient (Wildman–Crippen LogP) is 6.53. The number of aromatic hydroxyl groups is 1. The lowest BCUT2D eigenvalue weighted by Crippen LogP contribution is -2.20. The van der Waals surface area contributed by atoms with Gasteiger partial charge < -0.3 is 29.2 Å². The Morgan fingerprint density at radius 1 is 0.795 bits per heavy atom. The Hall–Kier alpha value is -3.94. The van der Waals surface area contributed by atoms with E-state index in [-0.39, 0.29) is 12.4 Å². The zero-order valence-corrected chi connectivity index (χ0v) is 27.4. The van der Waals surface area contributed by atoms with Crippen LogP contribution < -0.4 is 18.9 Å². The first-order valence-electron chi connectivity index (χ1n) is 13.7. The van der Waals surface area contributed by atoms with Gasteiger partial charge in [-0.2, -0.15) is 0 Å². The Balaban J connectivity index is 1.35. The Bertz CT molecular complexity index is 1670. The summed E-state index contributed by atoms with van der Waals surface area (Å²) in [6.07, 6.45) is -0.779. The normalized spacial score (nSPS) is 11.7. The van der Waals surface area contributed by atoms with E-state index in [4.69, 9.17) is 18.9 Å². The molecule has 228 valence electrons. The minimum atomic E-state index is -0.779. The molecule has 0 fully saturated rings. The maximum absolute atomic E-state index is 10.9. The second kappa shape index (κ2) is 14.7. The van der Waals surface area contributed by atoms with Crippen LogP contribution in [0.3, 0.4) is 0 Å². The Morgan fingerprint density at radius 3 is 2.14 bits per heavy atom. The summed E-state index contributed by atoms with van der Waals surface area (Å²) in [6.45, 7) is 0.588. The van der Waals surface area contributed by atoms with Gasteiger partial charge in [0, 0.05) is 26.5 Å². The second-order valence-corrected chi connectivity index (χ2v) is 12.0. The molecule has 0 saturated heterocycles. The molecule has 2 N–H and O–H groups in total. The number of thioether (sulfide) groups is 1. The number of hydrogen-bond acceptors (Lipinski definition) is 9. The fourth-order valence-corrected chi connectivity index (χ4v) is 5.84. The molecule has 0 radical (unpaired) electrons. The fourth-order valence-electron chi connectivity index (χ4n) is 4.50. The summed E-state index contributed by atoms with van der Waals surface area (Å²) in [5.41, 5.74) is 3.62. The number of methoxy groups -OCH3 is 3. The van der Waals surface area contributed by atoms with E-state index < -0.39 is 6.10 Å². The van der Waals surface area contributed by atoms with Crippen LogP contribution in [0.1, 0.15) is 5.56 Å². The van der Waals surface area contributed by atoms with Gasteiger partial charge in [-0.25, -0.2) is 0 Å². The first kappa shape index (κ1) is 31.5. The molecule has 0 spiro atoms. The van der Waals surface area contributed by atoms with Gasteiger partial charge in [-0.15, -0.1) is 10.2 Å². The molecule has 1 atom stereocenters. The van der Waals surface area contributed by atoms with Crippen LogP contribution in [-0.2, 0) is 6.54 Å². The number of rotatable bonds is 13. The molecule has 11 heteroatoms. The van der Waals surface area contributed by atoms with Gasteiger partial charge in [-0.1, -0.05) is 36.0 Å². The highest BCUT2D eigenvalue weighted by atomic mass is 127. The van der Waals surface area contributed by atoms with E-state index in [9.17, 15) is 10.2 Å². The third-order valence-corrected chi connectivity index (χ3v) is 8.56. The number of aromatic nitrogens is 3. The predicted molar refractivity (Wildman–Crippen MR) is 179 cm³/mol. The molecule has 0 amide bonds. The molecule has 0 aliphatic heterocycles.